The summed E-state index contributed by atoms with van der Waals surface area (Å²) in [6, 6.07) is 10.5. The van der Waals surface area contributed by atoms with Crippen LogP contribution in [0.3, 0.4) is 0 Å². The summed E-state index contributed by atoms with van der Waals surface area (Å²) in [5.41, 5.74) is 1.89. The molecular weight excluding hydrogens is 403 g/mol. The van der Waals surface area contributed by atoms with E-state index in [1.165, 1.54) is 0 Å². The molecule has 28 heavy (non-hydrogen) atoms. The van der Waals surface area contributed by atoms with Crippen LogP contribution in [-0.2, 0) is 4.79 Å². The van der Waals surface area contributed by atoms with E-state index in [-0.39, 0.29) is 12.5 Å². The van der Waals surface area contributed by atoms with E-state index in [0.717, 1.165) is 5.69 Å². The molecule has 0 saturated carbocycles. The molecule has 2 heterocycles. The largest absolute Gasteiger partial charge is 0.486 e. The quantitative estimate of drug-likeness (QED) is 0.668. The molecule has 0 unspecified atom stereocenters. The number of aromatic nitrogens is 1. The summed E-state index contributed by atoms with van der Waals surface area (Å²) in [6.07, 6.45) is 0. The fourth-order valence-corrected chi connectivity index (χ4v) is 3.45. The maximum atomic E-state index is 12.3. The minimum absolute atomic E-state index is 0.236. The Bertz CT molecular complexity index is 1070. The highest BCUT2D eigenvalue weighted by atomic mass is 35.5. The van der Waals surface area contributed by atoms with Gasteiger partial charge in [0.2, 0.25) is 0 Å². The van der Waals surface area contributed by atoms with Crippen molar-refractivity contribution in [3.05, 3.63) is 52.1 Å². The zero-order valence-electron chi connectivity index (χ0n) is 14.9. The molecule has 0 spiro atoms. The van der Waals surface area contributed by atoms with Gasteiger partial charge in [0.05, 0.1) is 10.0 Å². The topological polar surface area (TPSA) is 69.7 Å². The Kier molecular flexibility index (Phi) is 5.15. The molecule has 3 aromatic rings. The van der Waals surface area contributed by atoms with Crippen LogP contribution in [0.15, 0.2) is 36.4 Å². The SMILES string of the molecule is Cc1ccc2c(Cl)cc(Cl)c(OCC(=O)Nc3ccc4c(c3)OCCO4)c2n1. The maximum absolute atomic E-state index is 12.3. The fraction of sp³-hybridized carbons (Fsp3) is 0.200. The lowest BCUT2D eigenvalue weighted by molar-refractivity contribution is -0.118. The second-order valence-corrected chi connectivity index (χ2v) is 7.03. The highest BCUT2D eigenvalue weighted by Crippen LogP contribution is 2.37. The van der Waals surface area contributed by atoms with Crippen molar-refractivity contribution < 1.29 is 19.0 Å². The number of pyridine rings is 1. The Hall–Kier alpha value is -2.70. The first-order valence-electron chi connectivity index (χ1n) is 8.59. The van der Waals surface area contributed by atoms with Crippen molar-refractivity contribution in [3.8, 4) is 17.2 Å². The Morgan fingerprint density at radius 2 is 1.89 bits per heavy atom. The molecule has 0 radical (unpaired) electrons. The van der Waals surface area contributed by atoms with Crippen LogP contribution in [-0.4, -0.2) is 30.7 Å². The van der Waals surface area contributed by atoms with Gasteiger partial charge in [0.25, 0.3) is 5.91 Å². The summed E-state index contributed by atoms with van der Waals surface area (Å²) in [6.45, 7) is 2.60. The molecule has 1 aromatic heterocycles. The van der Waals surface area contributed by atoms with Crippen LogP contribution in [0.5, 0.6) is 17.2 Å². The van der Waals surface area contributed by atoms with Gasteiger partial charge in [-0.25, -0.2) is 4.98 Å². The van der Waals surface area contributed by atoms with Crippen LogP contribution >= 0.6 is 23.2 Å². The van der Waals surface area contributed by atoms with E-state index in [0.29, 0.717) is 57.1 Å². The molecule has 6 nitrogen and oxygen atoms in total. The first-order valence-corrected chi connectivity index (χ1v) is 9.34. The molecule has 0 atom stereocenters. The van der Waals surface area contributed by atoms with Crippen molar-refractivity contribution in [1.29, 1.82) is 0 Å². The summed E-state index contributed by atoms with van der Waals surface area (Å²) in [5, 5.41) is 4.24. The van der Waals surface area contributed by atoms with Crippen LogP contribution in [0.1, 0.15) is 5.69 Å². The van der Waals surface area contributed by atoms with E-state index in [4.69, 9.17) is 37.4 Å². The van der Waals surface area contributed by atoms with Gasteiger partial charge >= 0.3 is 0 Å². The molecule has 1 aliphatic rings. The Morgan fingerprint density at radius 3 is 2.71 bits per heavy atom. The normalized spacial score (nSPS) is 12.7. The highest BCUT2D eigenvalue weighted by molar-refractivity contribution is 6.39. The summed E-state index contributed by atoms with van der Waals surface area (Å²) in [4.78, 5) is 16.8. The lowest BCUT2D eigenvalue weighted by Crippen LogP contribution is -2.21. The number of amides is 1. The van der Waals surface area contributed by atoms with Crippen LogP contribution in [0, 0.1) is 6.92 Å². The molecule has 0 aliphatic carbocycles. The third kappa shape index (κ3) is 3.79. The van der Waals surface area contributed by atoms with Crippen molar-refractivity contribution in [2.24, 2.45) is 0 Å². The van der Waals surface area contributed by atoms with Crippen LogP contribution < -0.4 is 19.5 Å². The highest BCUT2D eigenvalue weighted by Gasteiger charge is 2.16. The third-order valence-corrected chi connectivity index (χ3v) is 4.74. The molecule has 1 aliphatic heterocycles. The number of anilines is 1. The Labute approximate surface area is 171 Å². The number of nitrogens with zero attached hydrogens (tertiary/aromatic N) is 1. The summed E-state index contributed by atoms with van der Waals surface area (Å²) in [5.74, 6) is 1.23. The number of aryl methyl sites for hydroxylation is 1. The van der Waals surface area contributed by atoms with Crippen LogP contribution in [0.4, 0.5) is 5.69 Å². The van der Waals surface area contributed by atoms with Gasteiger partial charge in [-0.2, -0.15) is 0 Å². The van der Waals surface area contributed by atoms with Crippen molar-refractivity contribution >= 4 is 45.7 Å². The van der Waals surface area contributed by atoms with Crippen LogP contribution in [0.2, 0.25) is 10.0 Å². The first-order chi connectivity index (χ1) is 13.5. The molecule has 1 N–H and O–H groups in total. The van der Waals surface area contributed by atoms with Crippen LogP contribution in [0.25, 0.3) is 10.9 Å². The minimum atomic E-state index is -0.344. The van der Waals surface area contributed by atoms with Crippen molar-refractivity contribution in [2.75, 3.05) is 25.1 Å². The lowest BCUT2D eigenvalue weighted by Gasteiger charge is -2.19. The Balaban J connectivity index is 1.50. The van der Waals surface area contributed by atoms with Crippen molar-refractivity contribution in [3.63, 3.8) is 0 Å². The number of halogens is 2. The monoisotopic (exact) mass is 418 g/mol. The predicted octanol–water partition coefficient (Wildman–Crippen LogP) is 4.64. The summed E-state index contributed by atoms with van der Waals surface area (Å²) < 4.78 is 16.7. The van der Waals surface area contributed by atoms with Gasteiger partial charge in [0.1, 0.15) is 18.7 Å². The molecule has 0 bridgehead atoms. The second kappa shape index (κ2) is 7.73. The number of ether oxygens (including phenoxy) is 3. The molecule has 0 fully saturated rings. The van der Waals surface area contributed by atoms with E-state index in [1.807, 2.05) is 19.1 Å². The lowest BCUT2D eigenvalue weighted by atomic mass is 10.2. The average Bonchev–Trinajstić information content (AvgIpc) is 2.67. The van der Waals surface area contributed by atoms with E-state index < -0.39 is 0 Å². The van der Waals surface area contributed by atoms with Crippen molar-refractivity contribution in [2.45, 2.75) is 6.92 Å². The third-order valence-electron chi connectivity index (χ3n) is 4.15. The number of nitrogens with one attached hydrogen (secondary N) is 1. The Morgan fingerprint density at radius 1 is 1.11 bits per heavy atom. The standard InChI is InChI=1S/C20H16Cl2N2O4/c1-11-2-4-13-14(21)9-15(22)20(19(13)23-11)28-10-18(25)24-12-3-5-16-17(8-12)27-7-6-26-16/h2-5,8-9H,6-7,10H2,1H3,(H,24,25). The number of fused-ring (bicyclic) bond motifs is 2. The van der Waals surface area contributed by atoms with E-state index in [1.54, 1.807) is 24.3 Å². The predicted molar refractivity (Wildman–Crippen MR) is 108 cm³/mol. The van der Waals surface area contributed by atoms with E-state index in [9.17, 15) is 4.79 Å². The van der Waals surface area contributed by atoms with Gasteiger partial charge in [-0.1, -0.05) is 23.2 Å². The number of carbonyl (C=O) groups excluding carboxylic acids is 1. The number of hydrogen-bond acceptors (Lipinski definition) is 5. The molecular formula is C20H16Cl2N2O4. The van der Waals surface area contributed by atoms with Gasteiger partial charge in [-0.15, -0.1) is 0 Å². The summed E-state index contributed by atoms with van der Waals surface area (Å²) >= 11 is 12.5. The smallest absolute Gasteiger partial charge is 0.262 e. The fourth-order valence-electron chi connectivity index (χ4n) is 2.88. The molecule has 2 aromatic carbocycles. The number of rotatable bonds is 4. The average molecular weight is 419 g/mol. The van der Waals surface area contributed by atoms with Crippen molar-refractivity contribution in [1.82, 2.24) is 4.98 Å². The van der Waals surface area contributed by atoms with Gasteiger partial charge in [-0.05, 0) is 37.3 Å². The van der Waals surface area contributed by atoms with Gasteiger partial charge < -0.3 is 19.5 Å². The summed E-state index contributed by atoms with van der Waals surface area (Å²) in [7, 11) is 0. The second-order valence-electron chi connectivity index (χ2n) is 6.21. The molecule has 8 heteroatoms. The van der Waals surface area contributed by atoms with Gasteiger partial charge in [-0.3, -0.25) is 4.79 Å². The first kappa shape index (κ1) is 18.7. The zero-order valence-corrected chi connectivity index (χ0v) is 16.4. The number of carbonyl (C=O) groups is 1. The van der Waals surface area contributed by atoms with Gasteiger partial charge in [0.15, 0.2) is 23.9 Å². The molecule has 0 saturated heterocycles. The minimum Gasteiger partial charge on any atom is -0.486 e. The van der Waals surface area contributed by atoms with E-state index >= 15 is 0 Å². The molecule has 4 rings (SSSR count). The molecule has 1 amide bonds. The van der Waals surface area contributed by atoms with Gasteiger partial charge in [0, 0.05) is 22.8 Å². The molecule has 144 valence electrons. The number of hydrogen-bond donors (Lipinski definition) is 1. The van der Waals surface area contributed by atoms with E-state index in [2.05, 4.69) is 10.3 Å². The number of benzene rings is 2. The maximum Gasteiger partial charge on any atom is 0.262 e. The zero-order chi connectivity index (χ0) is 19.7.